The van der Waals surface area contributed by atoms with E-state index in [1.54, 1.807) is 0 Å². The van der Waals surface area contributed by atoms with E-state index in [0.29, 0.717) is 0 Å². The van der Waals surface area contributed by atoms with Crippen molar-refractivity contribution in [3.8, 4) is 0 Å². The minimum Gasteiger partial charge on any atom is -0.386 e. The standard InChI is InChI=1S/C7H11F5O/c1-5(2,3)4(13)6(8,9)7(10,11)12/h4,13H,1-3H3. The van der Waals surface area contributed by atoms with Gasteiger partial charge in [-0.2, -0.15) is 22.0 Å². The minimum atomic E-state index is -5.71. The first kappa shape index (κ1) is 12.6. The topological polar surface area (TPSA) is 20.2 Å². The number of hydrogen-bond donors (Lipinski definition) is 1. The van der Waals surface area contributed by atoms with Crippen molar-refractivity contribution < 1.29 is 27.1 Å². The van der Waals surface area contributed by atoms with Crippen molar-refractivity contribution in [1.82, 2.24) is 0 Å². The van der Waals surface area contributed by atoms with Crippen molar-refractivity contribution >= 4 is 0 Å². The summed E-state index contributed by atoms with van der Waals surface area (Å²) in [4.78, 5) is 0. The SMILES string of the molecule is CC(C)(C)C(O)C(F)(F)C(F)(F)F. The first-order chi connectivity index (χ1) is 5.40. The lowest BCUT2D eigenvalue weighted by Gasteiger charge is -2.33. The lowest BCUT2D eigenvalue weighted by Crippen LogP contribution is -2.52. The van der Waals surface area contributed by atoms with Crippen molar-refractivity contribution in [3.63, 3.8) is 0 Å². The highest BCUT2D eigenvalue weighted by molar-refractivity contribution is 4.90. The van der Waals surface area contributed by atoms with E-state index in [0.717, 1.165) is 20.8 Å². The summed E-state index contributed by atoms with van der Waals surface area (Å²) in [6.45, 7) is 3.33. The Kier molecular flexibility index (Phi) is 2.98. The Morgan fingerprint density at radius 2 is 1.23 bits per heavy atom. The molecule has 0 fully saturated rings. The zero-order chi connectivity index (χ0) is 11.1. The molecule has 0 bridgehead atoms. The maximum Gasteiger partial charge on any atom is 0.456 e. The molecule has 0 aromatic carbocycles. The summed E-state index contributed by atoms with van der Waals surface area (Å²) < 4.78 is 60.0. The van der Waals surface area contributed by atoms with Gasteiger partial charge in [-0.1, -0.05) is 20.8 Å². The van der Waals surface area contributed by atoms with Gasteiger partial charge in [0.25, 0.3) is 0 Å². The highest BCUT2D eigenvalue weighted by atomic mass is 19.4. The molecule has 80 valence electrons. The van der Waals surface area contributed by atoms with Crippen LogP contribution in [-0.2, 0) is 0 Å². The van der Waals surface area contributed by atoms with Crippen molar-refractivity contribution in [1.29, 1.82) is 0 Å². The average molecular weight is 206 g/mol. The predicted octanol–water partition coefficient (Wildman–Crippen LogP) is 2.59. The maximum absolute atomic E-state index is 12.4. The van der Waals surface area contributed by atoms with Gasteiger partial charge in [-0.25, -0.2) is 0 Å². The van der Waals surface area contributed by atoms with Crippen LogP contribution in [0.2, 0.25) is 0 Å². The van der Waals surface area contributed by atoms with Gasteiger partial charge in [-0.15, -0.1) is 0 Å². The molecule has 0 rings (SSSR count). The van der Waals surface area contributed by atoms with Gasteiger partial charge in [-0.3, -0.25) is 0 Å². The molecule has 0 aliphatic heterocycles. The highest BCUT2D eigenvalue weighted by Crippen LogP contribution is 2.43. The first-order valence-electron chi connectivity index (χ1n) is 3.53. The number of aliphatic hydroxyl groups is 1. The first-order valence-corrected chi connectivity index (χ1v) is 3.53. The second-order valence-electron chi connectivity index (χ2n) is 3.89. The average Bonchev–Trinajstić information content (AvgIpc) is 1.81. The van der Waals surface area contributed by atoms with Crippen LogP contribution in [0.3, 0.4) is 0 Å². The molecule has 13 heavy (non-hydrogen) atoms. The molecule has 0 saturated carbocycles. The second-order valence-corrected chi connectivity index (χ2v) is 3.89. The number of hydrogen-bond acceptors (Lipinski definition) is 1. The fraction of sp³-hybridized carbons (Fsp3) is 1.00. The fourth-order valence-corrected chi connectivity index (χ4v) is 0.699. The smallest absolute Gasteiger partial charge is 0.386 e. The molecule has 0 aliphatic carbocycles. The molecule has 0 saturated heterocycles. The van der Waals surface area contributed by atoms with E-state index in [4.69, 9.17) is 5.11 Å². The molecule has 0 amide bonds. The van der Waals surface area contributed by atoms with E-state index in [2.05, 4.69) is 0 Å². The second kappa shape index (κ2) is 3.08. The molecule has 0 radical (unpaired) electrons. The lowest BCUT2D eigenvalue weighted by atomic mass is 9.85. The van der Waals surface area contributed by atoms with E-state index in [9.17, 15) is 22.0 Å². The summed E-state index contributed by atoms with van der Waals surface area (Å²) in [5, 5.41) is 8.78. The summed E-state index contributed by atoms with van der Waals surface area (Å²) in [5.74, 6) is -5.06. The van der Waals surface area contributed by atoms with Gasteiger partial charge >= 0.3 is 12.1 Å². The summed E-state index contributed by atoms with van der Waals surface area (Å²) in [5.41, 5.74) is -1.51. The quantitative estimate of drug-likeness (QED) is 0.654. The van der Waals surface area contributed by atoms with Crippen molar-refractivity contribution in [3.05, 3.63) is 0 Å². The van der Waals surface area contributed by atoms with Crippen LogP contribution >= 0.6 is 0 Å². The zero-order valence-electron chi connectivity index (χ0n) is 7.41. The summed E-state index contributed by atoms with van der Waals surface area (Å²) in [6, 6.07) is 0. The third kappa shape index (κ3) is 2.52. The minimum absolute atomic E-state index is 1.11. The molecule has 1 unspecified atom stereocenters. The predicted molar refractivity (Wildman–Crippen MR) is 36.5 cm³/mol. The molecule has 0 heterocycles. The van der Waals surface area contributed by atoms with Gasteiger partial charge in [0.05, 0.1) is 0 Å². The lowest BCUT2D eigenvalue weighted by molar-refractivity contribution is -0.325. The van der Waals surface area contributed by atoms with Gasteiger partial charge in [0.2, 0.25) is 0 Å². The number of rotatable bonds is 1. The maximum atomic E-state index is 12.4. The Labute approximate surface area is 72.6 Å². The largest absolute Gasteiger partial charge is 0.456 e. The van der Waals surface area contributed by atoms with Gasteiger partial charge in [-0.05, 0) is 5.41 Å². The normalized spacial score (nSPS) is 17.3. The Hall–Kier alpha value is -0.390. The summed E-state index contributed by atoms with van der Waals surface area (Å²) in [7, 11) is 0. The van der Waals surface area contributed by atoms with Crippen LogP contribution in [0.1, 0.15) is 20.8 Å². The van der Waals surface area contributed by atoms with E-state index < -0.39 is 23.6 Å². The monoisotopic (exact) mass is 206 g/mol. The van der Waals surface area contributed by atoms with E-state index >= 15 is 0 Å². The van der Waals surface area contributed by atoms with Crippen LogP contribution < -0.4 is 0 Å². The van der Waals surface area contributed by atoms with Gasteiger partial charge in [0.15, 0.2) is 0 Å². The van der Waals surface area contributed by atoms with Gasteiger partial charge < -0.3 is 5.11 Å². The summed E-state index contributed by atoms with van der Waals surface area (Å²) >= 11 is 0. The van der Waals surface area contributed by atoms with Crippen LogP contribution in [0.5, 0.6) is 0 Å². The summed E-state index contributed by atoms with van der Waals surface area (Å²) in [6.07, 6.45) is -8.44. The highest BCUT2D eigenvalue weighted by Gasteiger charge is 2.64. The van der Waals surface area contributed by atoms with Crippen molar-refractivity contribution in [2.45, 2.75) is 39.0 Å². The molecule has 1 N–H and O–H groups in total. The molecule has 1 nitrogen and oxygen atoms in total. The van der Waals surface area contributed by atoms with Crippen LogP contribution in [0.4, 0.5) is 22.0 Å². The van der Waals surface area contributed by atoms with Crippen molar-refractivity contribution in [2.24, 2.45) is 5.41 Å². The molecule has 0 aromatic heterocycles. The van der Waals surface area contributed by atoms with Gasteiger partial charge in [0, 0.05) is 0 Å². The molecular weight excluding hydrogens is 195 g/mol. The molecule has 0 spiro atoms. The van der Waals surface area contributed by atoms with E-state index in [-0.39, 0.29) is 0 Å². The Balaban J connectivity index is 4.86. The number of halogens is 5. The third-order valence-corrected chi connectivity index (χ3v) is 1.54. The van der Waals surface area contributed by atoms with E-state index in [1.807, 2.05) is 0 Å². The molecule has 0 aliphatic rings. The van der Waals surface area contributed by atoms with Gasteiger partial charge in [0.1, 0.15) is 6.10 Å². The van der Waals surface area contributed by atoms with Crippen molar-refractivity contribution in [2.75, 3.05) is 0 Å². The Morgan fingerprint density at radius 1 is 0.923 bits per heavy atom. The van der Waals surface area contributed by atoms with E-state index in [1.165, 1.54) is 0 Å². The van der Waals surface area contributed by atoms with Crippen LogP contribution in [0.25, 0.3) is 0 Å². The zero-order valence-corrected chi connectivity index (χ0v) is 7.41. The molecule has 1 atom stereocenters. The molecular formula is C7H11F5O. The van der Waals surface area contributed by atoms with Crippen LogP contribution in [0, 0.1) is 5.41 Å². The third-order valence-electron chi connectivity index (χ3n) is 1.54. The Bertz CT molecular complexity index is 178. The molecule has 6 heteroatoms. The Morgan fingerprint density at radius 3 is 1.31 bits per heavy atom. The van der Waals surface area contributed by atoms with Crippen LogP contribution in [-0.4, -0.2) is 23.3 Å². The number of alkyl halides is 5. The fourth-order valence-electron chi connectivity index (χ4n) is 0.699. The van der Waals surface area contributed by atoms with Crippen LogP contribution in [0.15, 0.2) is 0 Å². The number of aliphatic hydroxyl groups excluding tert-OH is 1. The molecule has 0 aromatic rings.